The molecule has 0 unspecified atom stereocenters. The molecule has 1 aliphatic carbocycles. The summed E-state index contributed by atoms with van der Waals surface area (Å²) < 4.78 is 5.64. The molecular weight excluding hydrogens is 330 g/mol. The first kappa shape index (κ1) is 16.9. The van der Waals surface area contributed by atoms with E-state index < -0.39 is 0 Å². The number of hydrogen-bond acceptors (Lipinski definition) is 5. The summed E-state index contributed by atoms with van der Waals surface area (Å²) in [5.41, 5.74) is 2.59. The predicted octanol–water partition coefficient (Wildman–Crippen LogP) is 4.50. The van der Waals surface area contributed by atoms with Crippen LogP contribution in [0.25, 0.3) is 0 Å². The van der Waals surface area contributed by atoms with Crippen LogP contribution in [0.4, 0.5) is 5.69 Å². The van der Waals surface area contributed by atoms with Crippen molar-refractivity contribution in [2.24, 2.45) is 0 Å². The fourth-order valence-corrected chi connectivity index (χ4v) is 4.80. The van der Waals surface area contributed by atoms with Gasteiger partial charge < -0.3 is 15.0 Å². The van der Waals surface area contributed by atoms with Crippen LogP contribution in [-0.2, 0) is 6.42 Å². The second-order valence-corrected chi connectivity index (χ2v) is 8.22. The molecule has 1 aromatic heterocycles. The van der Waals surface area contributed by atoms with Crippen molar-refractivity contribution in [2.45, 2.75) is 50.5 Å². The Labute approximate surface area is 154 Å². The lowest BCUT2D eigenvalue weighted by molar-refractivity contribution is 0.181. The number of thiazole rings is 1. The maximum Gasteiger partial charge on any atom is 0.159 e. The van der Waals surface area contributed by atoms with Crippen molar-refractivity contribution >= 4 is 17.0 Å². The van der Waals surface area contributed by atoms with Crippen LogP contribution < -0.4 is 10.1 Å². The lowest BCUT2D eigenvalue weighted by atomic mass is 9.81. The molecule has 1 aromatic carbocycles. The van der Waals surface area contributed by atoms with E-state index in [-0.39, 0.29) is 0 Å². The Hall–Kier alpha value is -1.59. The average Bonchev–Trinajstić information content (AvgIpc) is 3.32. The fourth-order valence-electron chi connectivity index (χ4n) is 4.14. The summed E-state index contributed by atoms with van der Waals surface area (Å²) in [6.07, 6.45) is 9.40. The molecule has 1 aliphatic heterocycles. The van der Waals surface area contributed by atoms with E-state index in [9.17, 15) is 0 Å². The van der Waals surface area contributed by atoms with E-state index in [0.29, 0.717) is 12.6 Å². The van der Waals surface area contributed by atoms with Gasteiger partial charge >= 0.3 is 0 Å². The van der Waals surface area contributed by atoms with Gasteiger partial charge in [-0.1, -0.05) is 6.07 Å². The molecule has 0 bridgehead atoms. The second-order valence-electron chi connectivity index (χ2n) is 7.24. The third kappa shape index (κ3) is 3.98. The minimum atomic E-state index is 0.608. The van der Waals surface area contributed by atoms with Crippen molar-refractivity contribution in [2.75, 3.05) is 25.6 Å². The molecular formula is C20H27N3OS. The number of ether oxygens (including phenoxy) is 1. The molecule has 5 heteroatoms. The molecule has 1 saturated carbocycles. The van der Waals surface area contributed by atoms with Gasteiger partial charge in [0.2, 0.25) is 0 Å². The Balaban J connectivity index is 1.25. The molecule has 4 rings (SSSR count). The quantitative estimate of drug-likeness (QED) is 0.826. The number of aryl methyl sites for hydroxylation is 1. The van der Waals surface area contributed by atoms with Gasteiger partial charge in [-0.25, -0.2) is 4.98 Å². The van der Waals surface area contributed by atoms with E-state index >= 15 is 0 Å². The van der Waals surface area contributed by atoms with Gasteiger partial charge in [0.15, 0.2) is 6.73 Å². The molecule has 0 saturated heterocycles. The highest BCUT2D eigenvalue weighted by molar-refractivity contribution is 7.09. The summed E-state index contributed by atoms with van der Waals surface area (Å²) in [4.78, 5) is 6.95. The Kier molecular flexibility index (Phi) is 5.22. The minimum absolute atomic E-state index is 0.608. The number of rotatable bonds is 6. The van der Waals surface area contributed by atoms with E-state index in [2.05, 4.69) is 45.8 Å². The van der Waals surface area contributed by atoms with Crippen molar-refractivity contribution in [1.29, 1.82) is 0 Å². The van der Waals surface area contributed by atoms with Crippen LogP contribution in [-0.4, -0.2) is 36.2 Å². The summed E-state index contributed by atoms with van der Waals surface area (Å²) >= 11 is 1.77. The van der Waals surface area contributed by atoms with Crippen LogP contribution >= 0.6 is 11.3 Å². The molecule has 1 N–H and O–H groups in total. The van der Waals surface area contributed by atoms with Crippen molar-refractivity contribution in [1.82, 2.24) is 9.88 Å². The first-order valence-corrected chi connectivity index (χ1v) is 10.3. The first-order valence-electron chi connectivity index (χ1n) is 9.39. The predicted molar refractivity (Wildman–Crippen MR) is 104 cm³/mol. The van der Waals surface area contributed by atoms with Gasteiger partial charge in [-0.05, 0) is 69.3 Å². The van der Waals surface area contributed by atoms with E-state index in [1.165, 1.54) is 49.2 Å². The molecule has 0 radical (unpaired) electrons. The van der Waals surface area contributed by atoms with Gasteiger partial charge in [-0.2, -0.15) is 0 Å². The summed E-state index contributed by atoms with van der Waals surface area (Å²) in [5, 5.41) is 6.59. The topological polar surface area (TPSA) is 37.4 Å². The standard InChI is InChI=1S/C20H27N3OS/c1-23(11-2-3-20-21-10-12-25-20)17-7-4-15(5-8-17)16-6-9-18-19(13-16)24-14-22-18/h6,9-10,12-13,15,17,22H,2-5,7-8,11,14H2,1H3. The fraction of sp³-hybridized carbons (Fsp3) is 0.550. The number of fused-ring (bicyclic) bond motifs is 1. The lowest BCUT2D eigenvalue weighted by Crippen LogP contribution is -2.35. The van der Waals surface area contributed by atoms with Gasteiger partial charge in [0.25, 0.3) is 0 Å². The molecule has 4 nitrogen and oxygen atoms in total. The molecule has 1 fully saturated rings. The maximum atomic E-state index is 5.64. The summed E-state index contributed by atoms with van der Waals surface area (Å²) in [5.74, 6) is 1.72. The first-order chi connectivity index (χ1) is 12.3. The summed E-state index contributed by atoms with van der Waals surface area (Å²) in [6.45, 7) is 1.78. The number of anilines is 1. The van der Waals surface area contributed by atoms with Gasteiger partial charge in [-0.15, -0.1) is 11.3 Å². The third-order valence-corrected chi connectivity index (χ3v) is 6.51. The van der Waals surface area contributed by atoms with Crippen molar-refractivity contribution in [3.63, 3.8) is 0 Å². The number of nitrogens with zero attached hydrogens (tertiary/aromatic N) is 2. The zero-order valence-electron chi connectivity index (χ0n) is 14.9. The van der Waals surface area contributed by atoms with Gasteiger partial charge in [0.1, 0.15) is 5.75 Å². The lowest BCUT2D eigenvalue weighted by Gasteiger charge is -2.35. The molecule has 2 aromatic rings. The molecule has 0 atom stereocenters. The minimum Gasteiger partial charge on any atom is -0.471 e. The number of hydrogen-bond donors (Lipinski definition) is 1. The molecule has 25 heavy (non-hydrogen) atoms. The Morgan fingerprint density at radius 3 is 2.96 bits per heavy atom. The third-order valence-electron chi connectivity index (χ3n) is 5.67. The van der Waals surface area contributed by atoms with Gasteiger partial charge in [0, 0.05) is 24.0 Å². The number of aromatic nitrogens is 1. The Bertz CT molecular complexity index is 680. The smallest absolute Gasteiger partial charge is 0.159 e. The Morgan fingerprint density at radius 1 is 1.28 bits per heavy atom. The highest BCUT2D eigenvalue weighted by atomic mass is 32.1. The van der Waals surface area contributed by atoms with Crippen molar-refractivity contribution in [3.8, 4) is 5.75 Å². The molecule has 2 heterocycles. The summed E-state index contributed by atoms with van der Waals surface area (Å²) in [6, 6.07) is 7.44. The maximum absolute atomic E-state index is 5.64. The Morgan fingerprint density at radius 2 is 2.16 bits per heavy atom. The van der Waals surface area contributed by atoms with Crippen LogP contribution in [0.1, 0.15) is 48.6 Å². The monoisotopic (exact) mass is 357 g/mol. The second kappa shape index (κ2) is 7.75. The van der Waals surface area contributed by atoms with E-state index in [1.54, 1.807) is 11.3 Å². The highest BCUT2D eigenvalue weighted by Gasteiger charge is 2.25. The van der Waals surface area contributed by atoms with E-state index in [1.807, 2.05) is 6.20 Å². The number of nitrogens with one attached hydrogen (secondary N) is 1. The SMILES string of the molecule is CN(CCCc1nccs1)C1CCC(c2ccc3c(c2)OCN3)CC1. The van der Waals surface area contributed by atoms with Crippen LogP contribution in [0, 0.1) is 0 Å². The van der Waals surface area contributed by atoms with Crippen LogP contribution in [0.15, 0.2) is 29.8 Å². The largest absolute Gasteiger partial charge is 0.471 e. The van der Waals surface area contributed by atoms with E-state index in [0.717, 1.165) is 23.9 Å². The normalized spacial score (nSPS) is 22.5. The van der Waals surface area contributed by atoms with Gasteiger partial charge in [-0.3, -0.25) is 0 Å². The molecule has 134 valence electrons. The zero-order valence-corrected chi connectivity index (χ0v) is 15.7. The van der Waals surface area contributed by atoms with Crippen LogP contribution in [0.5, 0.6) is 5.75 Å². The van der Waals surface area contributed by atoms with Crippen molar-refractivity contribution < 1.29 is 4.74 Å². The van der Waals surface area contributed by atoms with Crippen molar-refractivity contribution in [3.05, 3.63) is 40.3 Å². The number of benzene rings is 1. The molecule has 0 spiro atoms. The van der Waals surface area contributed by atoms with Crippen LogP contribution in [0.2, 0.25) is 0 Å². The van der Waals surface area contributed by atoms with Gasteiger partial charge in [0.05, 0.1) is 10.7 Å². The summed E-state index contributed by atoms with van der Waals surface area (Å²) in [7, 11) is 2.29. The average molecular weight is 358 g/mol. The van der Waals surface area contributed by atoms with E-state index in [4.69, 9.17) is 4.74 Å². The zero-order chi connectivity index (χ0) is 17.1. The van der Waals surface area contributed by atoms with Crippen LogP contribution in [0.3, 0.4) is 0 Å². The molecule has 2 aliphatic rings. The molecule has 0 amide bonds. The highest BCUT2D eigenvalue weighted by Crippen LogP contribution is 2.38.